The van der Waals surface area contributed by atoms with Crippen LogP contribution >= 0.6 is 28.3 Å². The highest BCUT2D eigenvalue weighted by Gasteiger charge is 2.21. The second kappa shape index (κ2) is 7.79. The lowest BCUT2D eigenvalue weighted by Gasteiger charge is -2.31. The Hall–Kier alpha value is -0.330. The monoisotopic (exact) mass is 375 g/mol. The number of hydrogen-bond acceptors (Lipinski definition) is 4. The highest BCUT2D eigenvalue weighted by atomic mass is 79.9. The van der Waals surface area contributed by atoms with Crippen LogP contribution in [0.25, 0.3) is 0 Å². The smallest absolute Gasteiger partial charge is 0.0642 e. The van der Waals surface area contributed by atoms with Gasteiger partial charge in [0.15, 0.2) is 0 Å². The van der Waals surface area contributed by atoms with Gasteiger partial charge in [-0.05, 0) is 24.1 Å². The molecule has 2 aliphatic heterocycles. The maximum atomic E-state index is 6.01. The minimum absolute atomic E-state index is 0. The van der Waals surface area contributed by atoms with E-state index in [0.717, 1.165) is 56.8 Å². The molecule has 0 radical (unpaired) electrons. The summed E-state index contributed by atoms with van der Waals surface area (Å²) in [6, 6.07) is 6.95. The fourth-order valence-corrected chi connectivity index (χ4v) is 3.37. The molecule has 118 valence electrons. The van der Waals surface area contributed by atoms with Crippen molar-refractivity contribution in [2.45, 2.75) is 19.0 Å². The quantitative estimate of drug-likeness (QED) is 0.878. The minimum atomic E-state index is 0. The molecule has 1 unspecified atom stereocenters. The number of ether oxygens (including phenoxy) is 1. The van der Waals surface area contributed by atoms with Gasteiger partial charge >= 0.3 is 0 Å². The SMILES string of the molecule is Cl.NC1CCN(Cc2ccc(Br)cc2N2CCOCC2)C1. The number of nitrogens with zero attached hydrogens (tertiary/aromatic N) is 2. The third kappa shape index (κ3) is 4.33. The van der Waals surface area contributed by atoms with Crippen LogP contribution in [-0.4, -0.2) is 50.3 Å². The van der Waals surface area contributed by atoms with Crippen molar-refractivity contribution in [3.63, 3.8) is 0 Å². The summed E-state index contributed by atoms with van der Waals surface area (Å²) in [4.78, 5) is 4.89. The van der Waals surface area contributed by atoms with Gasteiger partial charge in [0.25, 0.3) is 0 Å². The van der Waals surface area contributed by atoms with Crippen molar-refractivity contribution >= 4 is 34.0 Å². The second-order valence-corrected chi connectivity index (χ2v) is 6.57. The molecular weight excluding hydrogens is 354 g/mol. The second-order valence-electron chi connectivity index (χ2n) is 5.66. The maximum absolute atomic E-state index is 6.01. The molecule has 6 heteroatoms. The van der Waals surface area contributed by atoms with E-state index in [4.69, 9.17) is 10.5 Å². The number of hydrogen-bond donors (Lipinski definition) is 1. The van der Waals surface area contributed by atoms with E-state index < -0.39 is 0 Å². The lowest BCUT2D eigenvalue weighted by Crippen LogP contribution is -2.37. The molecule has 0 bridgehead atoms. The van der Waals surface area contributed by atoms with E-state index in [1.165, 1.54) is 11.3 Å². The van der Waals surface area contributed by atoms with Gasteiger partial charge in [0.2, 0.25) is 0 Å². The average molecular weight is 377 g/mol. The summed E-state index contributed by atoms with van der Waals surface area (Å²) in [5.41, 5.74) is 8.74. The minimum Gasteiger partial charge on any atom is -0.378 e. The van der Waals surface area contributed by atoms with E-state index in [1.54, 1.807) is 0 Å². The summed E-state index contributed by atoms with van der Waals surface area (Å²) in [5.74, 6) is 0. The molecule has 2 N–H and O–H groups in total. The zero-order valence-electron chi connectivity index (χ0n) is 12.1. The molecule has 2 heterocycles. The maximum Gasteiger partial charge on any atom is 0.0642 e. The van der Waals surface area contributed by atoms with Crippen LogP contribution in [0.3, 0.4) is 0 Å². The number of anilines is 1. The van der Waals surface area contributed by atoms with Gasteiger partial charge in [0.1, 0.15) is 0 Å². The van der Waals surface area contributed by atoms with E-state index in [2.05, 4.69) is 43.9 Å². The van der Waals surface area contributed by atoms with Gasteiger partial charge in [-0.15, -0.1) is 12.4 Å². The zero-order valence-corrected chi connectivity index (χ0v) is 14.5. The summed E-state index contributed by atoms with van der Waals surface area (Å²) in [7, 11) is 0. The predicted octanol–water partition coefficient (Wildman–Crippen LogP) is 2.24. The molecule has 2 aliphatic rings. The van der Waals surface area contributed by atoms with Gasteiger partial charge in [0.05, 0.1) is 13.2 Å². The van der Waals surface area contributed by atoms with Gasteiger partial charge in [-0.3, -0.25) is 4.90 Å². The number of morpholine rings is 1. The van der Waals surface area contributed by atoms with Crippen molar-refractivity contribution in [1.82, 2.24) is 4.90 Å². The van der Waals surface area contributed by atoms with E-state index in [9.17, 15) is 0 Å². The Bertz CT molecular complexity index is 468. The summed E-state index contributed by atoms with van der Waals surface area (Å²) >= 11 is 3.59. The number of halogens is 2. The van der Waals surface area contributed by atoms with Crippen molar-refractivity contribution < 1.29 is 4.74 Å². The van der Waals surface area contributed by atoms with E-state index in [-0.39, 0.29) is 12.4 Å². The third-order valence-electron chi connectivity index (χ3n) is 4.10. The van der Waals surface area contributed by atoms with Crippen LogP contribution in [0.1, 0.15) is 12.0 Å². The first-order valence-electron chi connectivity index (χ1n) is 7.31. The Morgan fingerprint density at radius 3 is 2.67 bits per heavy atom. The van der Waals surface area contributed by atoms with Crippen LogP contribution in [0.2, 0.25) is 0 Å². The molecule has 2 saturated heterocycles. The van der Waals surface area contributed by atoms with Gasteiger partial charge in [0, 0.05) is 48.9 Å². The molecule has 1 atom stereocenters. The van der Waals surface area contributed by atoms with Crippen molar-refractivity contribution in [1.29, 1.82) is 0 Å². The molecule has 0 aromatic heterocycles. The van der Waals surface area contributed by atoms with Crippen molar-refractivity contribution in [2.75, 3.05) is 44.3 Å². The van der Waals surface area contributed by atoms with Crippen LogP contribution in [0, 0.1) is 0 Å². The average Bonchev–Trinajstić information content (AvgIpc) is 2.87. The standard InChI is InChI=1S/C15H22BrN3O.ClH/c16-13-2-1-12(10-18-4-3-14(17)11-18)15(9-13)19-5-7-20-8-6-19;/h1-2,9,14H,3-8,10-11,17H2;1H. The topological polar surface area (TPSA) is 41.7 Å². The number of benzene rings is 1. The first kappa shape index (κ1) is 17.0. The van der Waals surface area contributed by atoms with Crippen LogP contribution in [0.15, 0.2) is 22.7 Å². The lowest BCUT2D eigenvalue weighted by atomic mass is 10.1. The molecule has 0 aliphatic carbocycles. The predicted molar refractivity (Wildman–Crippen MR) is 92.3 cm³/mol. The molecule has 21 heavy (non-hydrogen) atoms. The molecule has 4 nitrogen and oxygen atoms in total. The Kier molecular flexibility index (Phi) is 6.32. The van der Waals surface area contributed by atoms with Gasteiger partial charge in [-0.25, -0.2) is 0 Å². The van der Waals surface area contributed by atoms with E-state index in [0.29, 0.717) is 6.04 Å². The van der Waals surface area contributed by atoms with Gasteiger partial charge in [-0.1, -0.05) is 22.0 Å². The first-order chi connectivity index (χ1) is 9.72. The number of rotatable bonds is 3. The van der Waals surface area contributed by atoms with E-state index in [1.807, 2.05) is 0 Å². The van der Waals surface area contributed by atoms with Gasteiger partial charge in [-0.2, -0.15) is 0 Å². The van der Waals surface area contributed by atoms with Crippen LogP contribution in [-0.2, 0) is 11.3 Å². The van der Waals surface area contributed by atoms with E-state index >= 15 is 0 Å². The lowest BCUT2D eigenvalue weighted by molar-refractivity contribution is 0.122. The third-order valence-corrected chi connectivity index (χ3v) is 4.60. The fraction of sp³-hybridized carbons (Fsp3) is 0.600. The van der Waals surface area contributed by atoms with Crippen molar-refractivity contribution in [3.8, 4) is 0 Å². The summed E-state index contributed by atoms with van der Waals surface area (Å²) in [6.07, 6.45) is 1.11. The molecule has 0 spiro atoms. The van der Waals surface area contributed by atoms with Crippen molar-refractivity contribution in [2.24, 2.45) is 5.73 Å². The number of likely N-dealkylation sites (tertiary alicyclic amines) is 1. The van der Waals surface area contributed by atoms with Crippen LogP contribution < -0.4 is 10.6 Å². The Balaban J connectivity index is 0.00000161. The molecular formula is C15H23BrClN3O. The Morgan fingerprint density at radius 1 is 1.24 bits per heavy atom. The summed E-state index contributed by atoms with van der Waals surface area (Å²) in [6.45, 7) is 6.71. The highest BCUT2D eigenvalue weighted by molar-refractivity contribution is 9.10. The summed E-state index contributed by atoms with van der Waals surface area (Å²) < 4.78 is 6.60. The van der Waals surface area contributed by atoms with Crippen LogP contribution in [0.5, 0.6) is 0 Å². The zero-order chi connectivity index (χ0) is 13.9. The molecule has 0 amide bonds. The highest BCUT2D eigenvalue weighted by Crippen LogP contribution is 2.28. The Labute approximate surface area is 141 Å². The summed E-state index contributed by atoms with van der Waals surface area (Å²) in [5, 5.41) is 0. The molecule has 3 rings (SSSR count). The largest absolute Gasteiger partial charge is 0.378 e. The normalized spacial score (nSPS) is 23.1. The van der Waals surface area contributed by atoms with Crippen molar-refractivity contribution in [3.05, 3.63) is 28.2 Å². The fourth-order valence-electron chi connectivity index (χ4n) is 3.02. The molecule has 0 saturated carbocycles. The Morgan fingerprint density at radius 2 is 2.00 bits per heavy atom. The molecule has 1 aromatic carbocycles. The van der Waals surface area contributed by atoms with Gasteiger partial charge < -0.3 is 15.4 Å². The molecule has 1 aromatic rings. The molecule has 2 fully saturated rings. The van der Waals surface area contributed by atoms with Crippen LogP contribution in [0.4, 0.5) is 5.69 Å². The number of nitrogens with two attached hydrogens (primary N) is 1. The first-order valence-corrected chi connectivity index (χ1v) is 8.11.